The smallest absolute Gasteiger partial charge is 0.294 e. The van der Waals surface area contributed by atoms with Crippen LogP contribution in [0.1, 0.15) is 63.5 Å². The minimum Gasteiger partial charge on any atom is -0.744 e. The standard InChI is InChI=1S/2C10H14O3S.C6H6S/c2*1-3-8(2)9-4-6-10(7-5-9)14(11,12)13;7-6-4-2-1-3-5-6/h2*4-8H,3H2,1-2H3,(H,11,12,13);1-5,7H. The Morgan fingerprint density at radius 1 is 0.714 bits per heavy atom. The van der Waals surface area contributed by atoms with Crippen LogP contribution < -0.4 is 0 Å². The zero-order chi connectivity index (χ0) is 26.6. The van der Waals surface area contributed by atoms with Crippen molar-refractivity contribution in [2.75, 3.05) is 0 Å². The summed E-state index contributed by atoms with van der Waals surface area (Å²) in [6.07, 6.45) is 1.99. The monoisotopic (exact) mass is 538 g/mol. The van der Waals surface area contributed by atoms with Gasteiger partial charge in [0.15, 0.2) is 0 Å². The second kappa shape index (κ2) is 14.4. The van der Waals surface area contributed by atoms with E-state index in [1.54, 1.807) is 24.3 Å². The highest BCUT2D eigenvalue weighted by molar-refractivity contribution is 7.86. The molecule has 6 nitrogen and oxygen atoms in total. The van der Waals surface area contributed by atoms with Crippen LogP contribution in [0.15, 0.2) is 93.5 Å². The van der Waals surface area contributed by atoms with Gasteiger partial charge in [-0.1, -0.05) is 70.2 Å². The van der Waals surface area contributed by atoms with Gasteiger partial charge in [0.05, 0.1) is 9.79 Å². The van der Waals surface area contributed by atoms with Gasteiger partial charge < -0.3 is 4.55 Å². The van der Waals surface area contributed by atoms with Gasteiger partial charge in [0.25, 0.3) is 10.1 Å². The summed E-state index contributed by atoms with van der Waals surface area (Å²) in [5.41, 5.74) is 2.14. The predicted octanol–water partition coefficient (Wildman–Crippen LogP) is 5.61. The molecule has 2 unspecified atom stereocenters. The van der Waals surface area contributed by atoms with Crippen molar-refractivity contribution in [3.05, 3.63) is 90.0 Å². The quantitative estimate of drug-likeness (QED) is 0.323. The minimum atomic E-state index is -4.30. The van der Waals surface area contributed by atoms with Crippen LogP contribution in [0.5, 0.6) is 0 Å². The number of benzene rings is 3. The summed E-state index contributed by atoms with van der Waals surface area (Å²) in [5, 5.41) is 0. The van der Waals surface area contributed by atoms with E-state index in [0.717, 1.165) is 28.9 Å². The second-order valence-corrected chi connectivity index (χ2v) is 11.4. The molecule has 0 heterocycles. The molecule has 0 aromatic heterocycles. The molecule has 35 heavy (non-hydrogen) atoms. The van der Waals surface area contributed by atoms with E-state index in [-0.39, 0.29) is 9.79 Å². The molecule has 0 bridgehead atoms. The lowest BCUT2D eigenvalue weighted by molar-refractivity contribution is 0.462. The molecule has 0 aliphatic heterocycles. The summed E-state index contributed by atoms with van der Waals surface area (Å²) in [5.74, 6) is 0.795. The highest BCUT2D eigenvalue weighted by Gasteiger charge is 2.10. The summed E-state index contributed by atoms with van der Waals surface area (Å²) in [6.45, 7) is 8.26. The topological polar surface area (TPSA) is 112 Å². The van der Waals surface area contributed by atoms with Gasteiger partial charge in [0.1, 0.15) is 15.0 Å². The number of hydrogen-bond donors (Lipinski definition) is 1. The van der Waals surface area contributed by atoms with Crippen molar-refractivity contribution in [1.82, 2.24) is 0 Å². The lowest BCUT2D eigenvalue weighted by atomic mass is 9.99. The fourth-order valence-corrected chi connectivity index (χ4v) is 3.98. The molecule has 0 amide bonds. The van der Waals surface area contributed by atoms with Gasteiger partial charge in [0, 0.05) is 0 Å². The van der Waals surface area contributed by atoms with E-state index in [1.807, 2.05) is 30.3 Å². The Labute approximate surface area is 215 Å². The third kappa shape index (κ3) is 11.4. The van der Waals surface area contributed by atoms with Crippen LogP contribution in [0.25, 0.3) is 0 Å². The van der Waals surface area contributed by atoms with E-state index in [9.17, 15) is 21.4 Å². The van der Waals surface area contributed by atoms with E-state index in [0.29, 0.717) is 11.8 Å². The van der Waals surface area contributed by atoms with Crippen LogP contribution in [0, 0.1) is 0 Å². The van der Waals surface area contributed by atoms with Gasteiger partial charge >= 0.3 is 0 Å². The third-order valence-corrected chi connectivity index (χ3v) is 7.53. The van der Waals surface area contributed by atoms with Crippen LogP contribution in [0.2, 0.25) is 0 Å². The first kappa shape index (κ1) is 30.9. The van der Waals surface area contributed by atoms with Gasteiger partial charge in [-0.25, -0.2) is 8.42 Å². The van der Waals surface area contributed by atoms with Crippen molar-refractivity contribution < 1.29 is 25.9 Å². The minimum absolute atomic E-state index is 0.0513. The largest absolute Gasteiger partial charge is 0.744 e. The Morgan fingerprint density at radius 2 is 1.09 bits per heavy atom. The molecule has 192 valence electrons. The first-order valence-corrected chi connectivity index (χ1v) is 14.5. The van der Waals surface area contributed by atoms with Crippen LogP contribution in [-0.4, -0.2) is 25.9 Å². The molecule has 0 aliphatic carbocycles. The first-order chi connectivity index (χ1) is 16.3. The van der Waals surface area contributed by atoms with Crippen molar-refractivity contribution in [3.63, 3.8) is 0 Å². The molecule has 3 aromatic rings. The lowest BCUT2D eigenvalue weighted by Gasteiger charge is -2.11. The number of hydrogen-bond acceptors (Lipinski definition) is 5. The van der Waals surface area contributed by atoms with E-state index >= 15 is 0 Å². The molecule has 3 rings (SSSR count). The average Bonchev–Trinajstić information content (AvgIpc) is 2.83. The van der Waals surface area contributed by atoms with E-state index < -0.39 is 20.2 Å². The Bertz CT molecular complexity index is 1140. The highest BCUT2D eigenvalue weighted by atomic mass is 32.2. The molecule has 0 saturated heterocycles. The fraction of sp³-hybridized carbons (Fsp3) is 0.308. The lowest BCUT2D eigenvalue weighted by Crippen LogP contribution is -1.99. The maximum Gasteiger partial charge on any atom is 0.294 e. The molecule has 2 atom stereocenters. The van der Waals surface area contributed by atoms with Crippen molar-refractivity contribution in [2.45, 2.75) is 67.1 Å². The molecule has 0 aliphatic rings. The highest BCUT2D eigenvalue weighted by Crippen LogP contribution is 2.21. The Morgan fingerprint density at radius 3 is 1.34 bits per heavy atom. The van der Waals surface area contributed by atoms with Crippen LogP contribution >= 0.6 is 0 Å². The maximum absolute atomic E-state index is 10.7. The molecule has 1 N–H and O–H groups in total. The van der Waals surface area contributed by atoms with Crippen LogP contribution in [0.3, 0.4) is 0 Å². The fourth-order valence-electron chi connectivity index (χ4n) is 2.84. The summed E-state index contributed by atoms with van der Waals surface area (Å²) >= 11 is 3.36. The molecule has 0 spiro atoms. The summed E-state index contributed by atoms with van der Waals surface area (Å²) in [7, 11) is -8.35. The zero-order valence-electron chi connectivity index (χ0n) is 20.4. The summed E-state index contributed by atoms with van der Waals surface area (Å²) in [4.78, 5) is 0.914. The second-order valence-electron chi connectivity index (χ2n) is 8.05. The molecule has 0 radical (unpaired) electrons. The molecular formula is C26H34O6S3. The molecular weight excluding hydrogens is 504 g/mol. The molecule has 3 aromatic carbocycles. The maximum atomic E-state index is 10.7. The summed E-state index contributed by atoms with van der Waals surface area (Å²) in [6, 6.07) is 22.4. The molecule has 0 saturated carbocycles. The Hall–Kier alpha value is -2.17. The molecule has 9 heteroatoms. The number of rotatable bonds is 6. The van der Waals surface area contributed by atoms with E-state index in [4.69, 9.17) is 4.55 Å². The zero-order valence-corrected chi connectivity index (χ0v) is 23.0. The molecule has 0 fully saturated rings. The van der Waals surface area contributed by atoms with Gasteiger partial charge in [-0.05, 0) is 84.8 Å². The first-order valence-electron chi connectivity index (χ1n) is 11.2. The SMILES string of the molecule is CCC(C)c1ccc(S(=O)(=O)O)cc1.CCC(C)c1ccc(S(=O)(=O)[O-])cc1.[SH2+]c1ccccc1. The average molecular weight is 539 g/mol. The Balaban J connectivity index is 0.000000277. The van der Waals surface area contributed by atoms with E-state index in [1.165, 1.54) is 24.3 Å². The van der Waals surface area contributed by atoms with Crippen LogP contribution in [0.4, 0.5) is 0 Å². The van der Waals surface area contributed by atoms with Gasteiger partial charge in [-0.2, -0.15) is 8.42 Å². The Kier molecular flexibility index (Phi) is 12.7. The van der Waals surface area contributed by atoms with Crippen molar-refractivity contribution in [2.24, 2.45) is 0 Å². The van der Waals surface area contributed by atoms with Crippen molar-refractivity contribution >= 4 is 32.9 Å². The van der Waals surface area contributed by atoms with Crippen LogP contribution in [-0.2, 0) is 32.9 Å². The summed E-state index contributed by atoms with van der Waals surface area (Å²) < 4.78 is 62.1. The van der Waals surface area contributed by atoms with Crippen molar-refractivity contribution in [1.29, 1.82) is 0 Å². The van der Waals surface area contributed by atoms with Gasteiger partial charge in [0.2, 0.25) is 0 Å². The normalized spacial score (nSPS) is 12.9. The van der Waals surface area contributed by atoms with Crippen molar-refractivity contribution in [3.8, 4) is 0 Å². The van der Waals surface area contributed by atoms with Gasteiger partial charge in [-0.15, -0.1) is 0 Å². The predicted molar refractivity (Wildman–Crippen MR) is 143 cm³/mol. The third-order valence-electron chi connectivity index (χ3n) is 5.48. The van der Waals surface area contributed by atoms with Gasteiger partial charge in [-0.3, -0.25) is 4.55 Å². The van der Waals surface area contributed by atoms with E-state index in [2.05, 4.69) is 40.3 Å².